The standard InChI is InChI=1S/C15H15BrO6/c1-3-20-14(18)8-13(15(19)21-4-2)22-12-6-5-11(16)7-10(12)9-17/h5-9H,3-4H2,1-2H3/b13-8-. The van der Waals surface area contributed by atoms with Crippen LogP contribution in [0, 0.1) is 0 Å². The highest BCUT2D eigenvalue weighted by molar-refractivity contribution is 9.10. The molecule has 1 rings (SSSR count). The Labute approximate surface area is 136 Å². The van der Waals surface area contributed by atoms with Crippen LogP contribution < -0.4 is 4.74 Å². The van der Waals surface area contributed by atoms with Gasteiger partial charge in [-0.25, -0.2) is 9.59 Å². The number of carbonyl (C=O) groups is 3. The summed E-state index contributed by atoms with van der Waals surface area (Å²) in [7, 11) is 0. The number of hydrogen-bond donors (Lipinski definition) is 0. The van der Waals surface area contributed by atoms with E-state index in [1.807, 2.05) is 0 Å². The quantitative estimate of drug-likeness (QED) is 0.317. The molecule has 0 aliphatic rings. The Morgan fingerprint density at radius 3 is 2.45 bits per heavy atom. The molecule has 0 saturated heterocycles. The average Bonchev–Trinajstić information content (AvgIpc) is 2.48. The van der Waals surface area contributed by atoms with E-state index in [0.717, 1.165) is 6.08 Å². The lowest BCUT2D eigenvalue weighted by molar-refractivity contribution is -0.143. The molecule has 118 valence electrons. The lowest BCUT2D eigenvalue weighted by Gasteiger charge is -2.11. The first kappa shape index (κ1) is 17.9. The maximum Gasteiger partial charge on any atom is 0.374 e. The van der Waals surface area contributed by atoms with Crippen molar-refractivity contribution in [2.24, 2.45) is 0 Å². The largest absolute Gasteiger partial charge is 0.463 e. The van der Waals surface area contributed by atoms with E-state index in [0.29, 0.717) is 10.8 Å². The summed E-state index contributed by atoms with van der Waals surface area (Å²) in [6.45, 7) is 3.53. The van der Waals surface area contributed by atoms with Gasteiger partial charge in [-0.15, -0.1) is 0 Å². The maximum atomic E-state index is 11.8. The van der Waals surface area contributed by atoms with Gasteiger partial charge in [-0.05, 0) is 32.0 Å². The van der Waals surface area contributed by atoms with Crippen LogP contribution >= 0.6 is 15.9 Å². The van der Waals surface area contributed by atoms with Crippen molar-refractivity contribution < 1.29 is 28.6 Å². The van der Waals surface area contributed by atoms with E-state index in [9.17, 15) is 14.4 Å². The number of halogens is 1. The Morgan fingerprint density at radius 1 is 1.18 bits per heavy atom. The van der Waals surface area contributed by atoms with Gasteiger partial charge in [0.25, 0.3) is 0 Å². The normalized spacial score (nSPS) is 10.8. The van der Waals surface area contributed by atoms with Crippen LogP contribution in [0.2, 0.25) is 0 Å². The van der Waals surface area contributed by atoms with Crippen molar-refractivity contribution in [3.05, 3.63) is 40.1 Å². The summed E-state index contributed by atoms with van der Waals surface area (Å²) < 4.78 is 15.6. The van der Waals surface area contributed by atoms with Gasteiger partial charge < -0.3 is 14.2 Å². The molecule has 22 heavy (non-hydrogen) atoms. The van der Waals surface area contributed by atoms with Crippen molar-refractivity contribution in [3.63, 3.8) is 0 Å². The molecular weight excluding hydrogens is 356 g/mol. The van der Waals surface area contributed by atoms with Crippen LogP contribution in [0.25, 0.3) is 0 Å². The third-order valence-corrected chi connectivity index (χ3v) is 2.82. The van der Waals surface area contributed by atoms with Crippen molar-refractivity contribution in [1.82, 2.24) is 0 Å². The van der Waals surface area contributed by atoms with E-state index in [2.05, 4.69) is 15.9 Å². The first-order valence-electron chi connectivity index (χ1n) is 6.50. The second kappa shape index (κ2) is 8.99. The smallest absolute Gasteiger partial charge is 0.374 e. The minimum Gasteiger partial charge on any atom is -0.463 e. The van der Waals surface area contributed by atoms with Crippen molar-refractivity contribution >= 4 is 34.2 Å². The summed E-state index contributed by atoms with van der Waals surface area (Å²) in [5.74, 6) is -1.79. The van der Waals surface area contributed by atoms with Crippen molar-refractivity contribution in [3.8, 4) is 5.75 Å². The van der Waals surface area contributed by atoms with Gasteiger partial charge >= 0.3 is 11.9 Å². The molecule has 0 fully saturated rings. The van der Waals surface area contributed by atoms with E-state index >= 15 is 0 Å². The number of hydrogen-bond acceptors (Lipinski definition) is 6. The molecule has 6 nitrogen and oxygen atoms in total. The van der Waals surface area contributed by atoms with Crippen LogP contribution in [-0.4, -0.2) is 31.4 Å². The first-order valence-corrected chi connectivity index (χ1v) is 7.29. The fraction of sp³-hybridized carbons (Fsp3) is 0.267. The lowest BCUT2D eigenvalue weighted by atomic mass is 10.2. The molecule has 0 unspecified atom stereocenters. The Bertz CT molecular complexity index is 594. The molecule has 7 heteroatoms. The van der Waals surface area contributed by atoms with Gasteiger partial charge in [-0.3, -0.25) is 4.79 Å². The molecule has 0 bridgehead atoms. The molecule has 1 aromatic rings. The number of ether oxygens (including phenoxy) is 3. The van der Waals surface area contributed by atoms with E-state index in [-0.39, 0.29) is 30.3 Å². The fourth-order valence-electron chi connectivity index (χ4n) is 1.45. The summed E-state index contributed by atoms with van der Waals surface area (Å²) in [6.07, 6.45) is 1.46. The van der Waals surface area contributed by atoms with Gasteiger partial charge in [0.15, 0.2) is 6.29 Å². The summed E-state index contributed by atoms with van der Waals surface area (Å²) in [4.78, 5) is 34.4. The third kappa shape index (κ3) is 5.33. The SMILES string of the molecule is CCOC(=O)/C=C(\Oc1ccc(Br)cc1C=O)C(=O)OCC. The Morgan fingerprint density at radius 2 is 1.86 bits per heavy atom. The van der Waals surface area contributed by atoms with Crippen molar-refractivity contribution in [2.75, 3.05) is 13.2 Å². The zero-order valence-electron chi connectivity index (χ0n) is 12.1. The van der Waals surface area contributed by atoms with Gasteiger partial charge in [-0.1, -0.05) is 15.9 Å². The van der Waals surface area contributed by atoms with Gasteiger partial charge in [-0.2, -0.15) is 0 Å². The topological polar surface area (TPSA) is 78.9 Å². The van der Waals surface area contributed by atoms with Gasteiger partial charge in [0, 0.05) is 4.47 Å². The maximum absolute atomic E-state index is 11.8. The highest BCUT2D eigenvalue weighted by atomic mass is 79.9. The van der Waals surface area contributed by atoms with Crippen LogP contribution in [-0.2, 0) is 19.1 Å². The molecule has 0 atom stereocenters. The number of carbonyl (C=O) groups excluding carboxylic acids is 3. The van der Waals surface area contributed by atoms with E-state index < -0.39 is 11.9 Å². The average molecular weight is 371 g/mol. The van der Waals surface area contributed by atoms with Gasteiger partial charge in [0.2, 0.25) is 5.76 Å². The Hall–Kier alpha value is -2.15. The Kier molecular flexibility index (Phi) is 7.31. The zero-order valence-corrected chi connectivity index (χ0v) is 13.7. The van der Waals surface area contributed by atoms with Crippen LogP contribution in [0.5, 0.6) is 5.75 Å². The molecule has 0 radical (unpaired) electrons. The second-order valence-electron chi connectivity index (χ2n) is 3.88. The number of esters is 2. The summed E-state index contributed by atoms with van der Waals surface area (Å²) >= 11 is 3.22. The molecule has 0 heterocycles. The first-order chi connectivity index (χ1) is 10.5. The summed E-state index contributed by atoms with van der Waals surface area (Å²) in [5.41, 5.74) is 0.216. The minimum absolute atomic E-state index is 0.114. The second-order valence-corrected chi connectivity index (χ2v) is 4.80. The molecule has 0 N–H and O–H groups in total. The molecule has 0 aromatic heterocycles. The van der Waals surface area contributed by atoms with Gasteiger partial charge in [0.1, 0.15) is 5.75 Å². The molecule has 0 amide bonds. The van der Waals surface area contributed by atoms with Crippen LogP contribution in [0.4, 0.5) is 0 Å². The molecule has 0 saturated carbocycles. The Balaban J connectivity index is 3.10. The summed E-state index contributed by atoms with van der Waals surface area (Å²) in [6, 6.07) is 4.65. The number of benzene rings is 1. The molecule has 0 aliphatic carbocycles. The van der Waals surface area contributed by atoms with Crippen LogP contribution in [0.3, 0.4) is 0 Å². The predicted octanol–water partition coefficient (Wildman–Crippen LogP) is 2.65. The highest BCUT2D eigenvalue weighted by Gasteiger charge is 2.18. The van der Waals surface area contributed by atoms with Crippen molar-refractivity contribution in [2.45, 2.75) is 13.8 Å². The van der Waals surface area contributed by atoms with E-state index in [1.54, 1.807) is 19.9 Å². The lowest BCUT2D eigenvalue weighted by Crippen LogP contribution is -2.16. The van der Waals surface area contributed by atoms with Crippen LogP contribution in [0.15, 0.2) is 34.5 Å². The van der Waals surface area contributed by atoms with Crippen molar-refractivity contribution in [1.29, 1.82) is 0 Å². The zero-order chi connectivity index (χ0) is 16.5. The van der Waals surface area contributed by atoms with Gasteiger partial charge in [0.05, 0.1) is 24.9 Å². The van der Waals surface area contributed by atoms with E-state index in [1.165, 1.54) is 12.1 Å². The monoisotopic (exact) mass is 370 g/mol. The third-order valence-electron chi connectivity index (χ3n) is 2.33. The number of aldehydes is 1. The molecule has 0 spiro atoms. The predicted molar refractivity (Wildman–Crippen MR) is 81.5 cm³/mol. The molecular formula is C15H15BrO6. The van der Waals surface area contributed by atoms with E-state index in [4.69, 9.17) is 14.2 Å². The summed E-state index contributed by atoms with van der Waals surface area (Å²) in [5, 5.41) is 0. The molecule has 1 aromatic carbocycles. The fourth-order valence-corrected chi connectivity index (χ4v) is 1.82. The van der Waals surface area contributed by atoms with Crippen LogP contribution in [0.1, 0.15) is 24.2 Å². The number of rotatable bonds is 7. The highest BCUT2D eigenvalue weighted by Crippen LogP contribution is 2.24. The minimum atomic E-state index is -0.824. The molecule has 0 aliphatic heterocycles.